The highest BCUT2D eigenvalue weighted by molar-refractivity contribution is 5.94. The second-order valence-corrected chi connectivity index (χ2v) is 8.79. The van der Waals surface area contributed by atoms with E-state index in [1.54, 1.807) is 11.2 Å². The van der Waals surface area contributed by atoms with Crippen molar-refractivity contribution in [3.63, 3.8) is 0 Å². The van der Waals surface area contributed by atoms with E-state index in [1.807, 2.05) is 6.07 Å². The van der Waals surface area contributed by atoms with Gasteiger partial charge in [0.25, 0.3) is 11.5 Å². The number of amides is 1. The average molecular weight is 475 g/mol. The molecular formula is C23H24F3N5O3. The number of hydrogen-bond acceptors (Lipinski definition) is 5. The van der Waals surface area contributed by atoms with Gasteiger partial charge in [-0.15, -0.1) is 0 Å². The Morgan fingerprint density at radius 2 is 1.76 bits per heavy atom. The summed E-state index contributed by atoms with van der Waals surface area (Å²) in [7, 11) is 0. The fourth-order valence-corrected chi connectivity index (χ4v) is 4.82. The number of nitrogens with one attached hydrogen (secondary N) is 2. The number of halogens is 3. The Balaban J connectivity index is 1.30. The number of carbonyl (C=O) groups excluding carboxylic acids is 1. The molecule has 0 unspecified atom stereocenters. The van der Waals surface area contributed by atoms with Crippen LogP contribution in [0.5, 0.6) is 0 Å². The van der Waals surface area contributed by atoms with Crippen molar-refractivity contribution in [2.24, 2.45) is 0 Å². The number of fused-ring (bicyclic) bond motifs is 1. The Morgan fingerprint density at radius 3 is 2.44 bits per heavy atom. The fraction of sp³-hybridized carbons (Fsp3) is 0.478. The molecule has 1 amide bonds. The first-order chi connectivity index (χ1) is 16.3. The van der Waals surface area contributed by atoms with Crippen molar-refractivity contribution >= 4 is 17.1 Å². The lowest BCUT2D eigenvalue weighted by atomic mass is 9.89. The Kier molecular flexibility index (Phi) is 5.88. The molecule has 34 heavy (non-hydrogen) atoms. The zero-order chi connectivity index (χ0) is 23.9. The Bertz CT molecular complexity index is 1250. The van der Waals surface area contributed by atoms with E-state index in [-0.39, 0.29) is 11.5 Å². The van der Waals surface area contributed by atoms with Gasteiger partial charge in [0.2, 0.25) is 0 Å². The highest BCUT2D eigenvalue weighted by Crippen LogP contribution is 2.34. The lowest BCUT2D eigenvalue weighted by molar-refractivity contribution is -0.141. The average Bonchev–Trinajstić information content (AvgIpc) is 3.28. The van der Waals surface area contributed by atoms with Crippen LogP contribution in [0.3, 0.4) is 0 Å². The van der Waals surface area contributed by atoms with Crippen LogP contribution >= 0.6 is 0 Å². The van der Waals surface area contributed by atoms with Crippen molar-refractivity contribution in [1.82, 2.24) is 24.8 Å². The summed E-state index contributed by atoms with van der Waals surface area (Å²) in [5.74, 6) is 0.851. The van der Waals surface area contributed by atoms with Crippen LogP contribution in [-0.2, 0) is 10.9 Å². The molecule has 0 aromatic carbocycles. The minimum atomic E-state index is -4.67. The SMILES string of the molecule is O=C(c1ccc(C(F)(F)F)[nH]c1=O)N1CCC(c2ccnc3nc(C4CCOCC4)[nH]c23)CC1. The second kappa shape index (κ2) is 8.86. The lowest BCUT2D eigenvalue weighted by Gasteiger charge is -2.32. The number of hydrogen-bond donors (Lipinski definition) is 2. The molecule has 0 spiro atoms. The van der Waals surface area contributed by atoms with Gasteiger partial charge in [0, 0.05) is 38.4 Å². The maximum absolute atomic E-state index is 12.8. The summed E-state index contributed by atoms with van der Waals surface area (Å²) in [6.45, 7) is 2.23. The van der Waals surface area contributed by atoms with E-state index in [9.17, 15) is 22.8 Å². The smallest absolute Gasteiger partial charge is 0.381 e. The topological polar surface area (TPSA) is 104 Å². The van der Waals surface area contributed by atoms with Gasteiger partial charge in [0.15, 0.2) is 5.65 Å². The summed E-state index contributed by atoms with van der Waals surface area (Å²) in [5.41, 5.74) is 0.189. The third kappa shape index (κ3) is 4.31. The summed E-state index contributed by atoms with van der Waals surface area (Å²) in [4.78, 5) is 40.8. The van der Waals surface area contributed by atoms with E-state index < -0.39 is 23.3 Å². The summed E-state index contributed by atoms with van der Waals surface area (Å²) < 4.78 is 43.8. The molecule has 2 saturated heterocycles. The molecule has 0 aliphatic carbocycles. The zero-order valence-electron chi connectivity index (χ0n) is 18.3. The number of imidazole rings is 1. The molecule has 0 radical (unpaired) electrons. The van der Waals surface area contributed by atoms with Crippen molar-refractivity contribution in [2.45, 2.75) is 43.7 Å². The number of alkyl halides is 3. The summed E-state index contributed by atoms with van der Waals surface area (Å²) in [5, 5.41) is 0. The van der Waals surface area contributed by atoms with Crippen molar-refractivity contribution in [2.75, 3.05) is 26.3 Å². The molecule has 2 aliphatic rings. The van der Waals surface area contributed by atoms with Crippen molar-refractivity contribution in [3.05, 3.63) is 57.4 Å². The van der Waals surface area contributed by atoms with Crippen LogP contribution in [0, 0.1) is 0 Å². The van der Waals surface area contributed by atoms with Gasteiger partial charge in [-0.3, -0.25) is 9.59 Å². The molecule has 5 heterocycles. The van der Waals surface area contributed by atoms with Gasteiger partial charge in [-0.25, -0.2) is 9.97 Å². The van der Waals surface area contributed by atoms with Crippen LogP contribution in [0.4, 0.5) is 13.2 Å². The highest BCUT2D eigenvalue weighted by Gasteiger charge is 2.33. The quantitative estimate of drug-likeness (QED) is 0.603. The molecule has 2 aliphatic heterocycles. The molecular weight excluding hydrogens is 451 g/mol. The molecule has 2 fully saturated rings. The number of pyridine rings is 2. The Morgan fingerprint density at radius 1 is 1.03 bits per heavy atom. The standard InChI is InChI=1S/C23H24F3N5O3/c24-23(25,26)17-2-1-16(21(32)28-17)22(33)31-9-4-13(5-10-31)15-3-8-27-20-18(15)29-19(30-20)14-6-11-34-12-7-14/h1-3,8,13-14H,4-7,9-12H2,(H,28,32)(H,27,29,30). The van der Waals surface area contributed by atoms with Crippen LogP contribution in [0.1, 0.15) is 65.0 Å². The first-order valence-electron chi connectivity index (χ1n) is 11.3. The fourth-order valence-electron chi connectivity index (χ4n) is 4.82. The molecule has 11 heteroatoms. The van der Waals surface area contributed by atoms with Gasteiger partial charge in [-0.2, -0.15) is 13.2 Å². The van der Waals surface area contributed by atoms with E-state index in [2.05, 4.69) is 9.97 Å². The van der Waals surface area contributed by atoms with Crippen molar-refractivity contribution in [1.29, 1.82) is 0 Å². The first-order valence-corrected chi connectivity index (χ1v) is 11.3. The second-order valence-electron chi connectivity index (χ2n) is 8.79. The van der Waals surface area contributed by atoms with Gasteiger partial charge in [0.1, 0.15) is 17.1 Å². The van der Waals surface area contributed by atoms with E-state index in [0.29, 0.717) is 37.5 Å². The van der Waals surface area contributed by atoms with Crippen molar-refractivity contribution in [3.8, 4) is 0 Å². The van der Waals surface area contributed by atoms with Gasteiger partial charge < -0.3 is 19.6 Å². The van der Waals surface area contributed by atoms with E-state index in [1.165, 1.54) is 4.90 Å². The van der Waals surface area contributed by atoms with E-state index in [4.69, 9.17) is 9.72 Å². The molecule has 0 bridgehead atoms. The van der Waals surface area contributed by atoms with Gasteiger partial charge in [-0.1, -0.05) is 0 Å². The van der Waals surface area contributed by atoms with Gasteiger partial charge in [0.05, 0.1) is 5.52 Å². The summed E-state index contributed by atoms with van der Waals surface area (Å²) >= 11 is 0. The highest BCUT2D eigenvalue weighted by atomic mass is 19.4. The minimum Gasteiger partial charge on any atom is -0.381 e. The third-order valence-corrected chi connectivity index (χ3v) is 6.72. The maximum Gasteiger partial charge on any atom is 0.431 e. The summed E-state index contributed by atoms with van der Waals surface area (Å²) in [6.07, 6.45) is 0.222. The number of ether oxygens (including phenoxy) is 1. The minimum absolute atomic E-state index is 0.170. The predicted octanol–water partition coefficient (Wildman–Crippen LogP) is 3.58. The molecule has 3 aromatic heterocycles. The number of likely N-dealkylation sites (tertiary alicyclic amines) is 1. The number of H-pyrrole nitrogens is 2. The molecule has 180 valence electrons. The third-order valence-electron chi connectivity index (χ3n) is 6.72. The molecule has 5 rings (SSSR count). The van der Waals surface area contributed by atoms with Crippen LogP contribution < -0.4 is 5.56 Å². The number of carbonyl (C=O) groups is 1. The molecule has 2 N–H and O–H groups in total. The largest absolute Gasteiger partial charge is 0.431 e. The molecule has 3 aromatic rings. The van der Waals surface area contributed by atoms with Crippen LogP contribution in [-0.4, -0.2) is 57.0 Å². The number of aromatic nitrogens is 4. The Hall–Kier alpha value is -3.21. The van der Waals surface area contributed by atoms with Crippen molar-refractivity contribution < 1.29 is 22.7 Å². The molecule has 0 saturated carbocycles. The van der Waals surface area contributed by atoms with Crippen LogP contribution in [0.25, 0.3) is 11.2 Å². The number of rotatable bonds is 3. The van der Waals surface area contributed by atoms with E-state index in [0.717, 1.165) is 55.1 Å². The number of piperidine rings is 1. The van der Waals surface area contributed by atoms with Gasteiger partial charge in [-0.05, 0) is 55.4 Å². The number of nitrogens with zero attached hydrogens (tertiary/aromatic N) is 3. The predicted molar refractivity (Wildman–Crippen MR) is 117 cm³/mol. The molecule has 8 nitrogen and oxygen atoms in total. The zero-order valence-corrected chi connectivity index (χ0v) is 18.3. The first kappa shape index (κ1) is 22.6. The Labute approximate surface area is 192 Å². The summed E-state index contributed by atoms with van der Waals surface area (Å²) in [6, 6.07) is 3.64. The number of aromatic amines is 2. The van der Waals surface area contributed by atoms with Crippen LogP contribution in [0.2, 0.25) is 0 Å². The van der Waals surface area contributed by atoms with Crippen LogP contribution in [0.15, 0.2) is 29.2 Å². The maximum atomic E-state index is 12.8. The van der Waals surface area contributed by atoms with Gasteiger partial charge >= 0.3 is 6.18 Å². The monoisotopic (exact) mass is 475 g/mol. The molecule has 0 atom stereocenters. The lowest BCUT2D eigenvalue weighted by Crippen LogP contribution is -2.40. The normalized spacial score (nSPS) is 18.5. The van der Waals surface area contributed by atoms with E-state index >= 15 is 0 Å².